The van der Waals surface area contributed by atoms with Gasteiger partial charge in [0.15, 0.2) is 0 Å². The van der Waals surface area contributed by atoms with Gasteiger partial charge in [0.25, 0.3) is 0 Å². The van der Waals surface area contributed by atoms with Crippen molar-refractivity contribution in [1.29, 1.82) is 5.41 Å². The molecule has 110 valence electrons. The topological polar surface area (TPSA) is 73.3 Å². The summed E-state index contributed by atoms with van der Waals surface area (Å²) in [6.07, 6.45) is 0. The largest absolute Gasteiger partial charge is 0.395 e. The van der Waals surface area contributed by atoms with Crippen LogP contribution in [-0.4, -0.2) is 24.1 Å². The monoisotopic (exact) mass is 347 g/mol. The summed E-state index contributed by atoms with van der Waals surface area (Å²) < 4.78 is 0.781. The zero-order chi connectivity index (χ0) is 15.2. The van der Waals surface area contributed by atoms with Crippen LogP contribution in [0.25, 0.3) is 0 Å². The molecular weight excluding hydrogens is 330 g/mol. The molecule has 4 N–H and O–H groups in total. The summed E-state index contributed by atoms with van der Waals surface area (Å²) in [5.41, 5.74) is 8.34. The maximum atomic E-state index is 9.34. The Morgan fingerprint density at radius 3 is 2.48 bits per heavy atom. The third-order valence-electron chi connectivity index (χ3n) is 3.19. The van der Waals surface area contributed by atoms with E-state index >= 15 is 0 Å². The number of halogens is 1. The zero-order valence-corrected chi connectivity index (χ0v) is 13.2. The second kappa shape index (κ2) is 7.24. The van der Waals surface area contributed by atoms with Gasteiger partial charge in [0.2, 0.25) is 0 Å². The highest BCUT2D eigenvalue weighted by Gasteiger charge is 2.15. The first kappa shape index (κ1) is 15.5. The maximum absolute atomic E-state index is 9.34. The molecule has 21 heavy (non-hydrogen) atoms. The Kier molecular flexibility index (Phi) is 5.36. The fraction of sp³-hybridized carbons (Fsp3) is 0.188. The Balaban J connectivity index is 2.39. The predicted octanol–water partition coefficient (Wildman–Crippen LogP) is 2.73. The highest BCUT2D eigenvalue weighted by atomic mass is 79.9. The smallest absolute Gasteiger partial charge is 0.126 e. The van der Waals surface area contributed by atoms with Crippen LogP contribution in [0.15, 0.2) is 53.0 Å². The molecule has 0 aliphatic heterocycles. The number of hydrogen-bond donors (Lipinski definition) is 3. The number of aliphatic hydroxyl groups is 1. The number of nitrogens with zero attached hydrogens (tertiary/aromatic N) is 1. The number of benzene rings is 2. The lowest BCUT2D eigenvalue weighted by Gasteiger charge is -2.27. The van der Waals surface area contributed by atoms with Crippen LogP contribution in [0.3, 0.4) is 0 Å². The predicted molar refractivity (Wildman–Crippen MR) is 89.7 cm³/mol. The number of aliphatic hydroxyl groups excluding tert-OH is 1. The van der Waals surface area contributed by atoms with Crippen LogP contribution in [-0.2, 0) is 6.54 Å². The number of anilines is 1. The molecule has 0 atom stereocenters. The summed E-state index contributed by atoms with van der Waals surface area (Å²) in [4.78, 5) is 2.02. The van der Waals surface area contributed by atoms with Crippen molar-refractivity contribution >= 4 is 27.5 Å². The number of amidine groups is 1. The Morgan fingerprint density at radius 2 is 1.86 bits per heavy atom. The Bertz CT molecular complexity index is 616. The summed E-state index contributed by atoms with van der Waals surface area (Å²) in [6, 6.07) is 15.7. The number of nitrogens with one attached hydrogen (secondary N) is 1. The van der Waals surface area contributed by atoms with E-state index < -0.39 is 0 Å². The molecule has 0 saturated heterocycles. The van der Waals surface area contributed by atoms with Crippen molar-refractivity contribution in [2.24, 2.45) is 5.73 Å². The highest BCUT2D eigenvalue weighted by Crippen LogP contribution is 2.28. The SMILES string of the molecule is N=C(N)c1c(Br)cccc1N(CCO)Cc1ccccc1. The zero-order valence-electron chi connectivity index (χ0n) is 11.6. The summed E-state index contributed by atoms with van der Waals surface area (Å²) in [7, 11) is 0. The molecule has 2 aromatic carbocycles. The molecule has 5 heteroatoms. The summed E-state index contributed by atoms with van der Waals surface area (Å²) in [5, 5.41) is 17.1. The van der Waals surface area contributed by atoms with Crippen molar-refractivity contribution in [3.05, 3.63) is 64.1 Å². The molecule has 0 aromatic heterocycles. The molecule has 0 aliphatic carbocycles. The molecule has 2 aromatic rings. The lowest BCUT2D eigenvalue weighted by atomic mass is 10.1. The first-order chi connectivity index (χ1) is 10.1. The summed E-state index contributed by atoms with van der Waals surface area (Å²) >= 11 is 3.44. The van der Waals surface area contributed by atoms with Crippen molar-refractivity contribution in [3.8, 4) is 0 Å². The number of nitrogen functional groups attached to an aromatic ring is 1. The van der Waals surface area contributed by atoms with Gasteiger partial charge in [-0.3, -0.25) is 5.41 Å². The minimum Gasteiger partial charge on any atom is -0.395 e. The molecule has 0 saturated carbocycles. The first-order valence-corrected chi connectivity index (χ1v) is 7.45. The maximum Gasteiger partial charge on any atom is 0.126 e. The van der Waals surface area contributed by atoms with Gasteiger partial charge < -0.3 is 15.7 Å². The lowest BCUT2D eigenvalue weighted by Crippen LogP contribution is -2.29. The van der Waals surface area contributed by atoms with E-state index in [2.05, 4.69) is 15.9 Å². The highest BCUT2D eigenvalue weighted by molar-refractivity contribution is 9.10. The second-order valence-corrected chi connectivity index (χ2v) is 5.53. The minimum atomic E-state index is 0.00785. The third kappa shape index (κ3) is 3.83. The second-order valence-electron chi connectivity index (χ2n) is 4.68. The van der Waals surface area contributed by atoms with E-state index in [0.717, 1.165) is 15.7 Å². The third-order valence-corrected chi connectivity index (χ3v) is 3.85. The van der Waals surface area contributed by atoms with Gasteiger partial charge in [-0.05, 0) is 33.6 Å². The van der Waals surface area contributed by atoms with Gasteiger partial charge in [-0.25, -0.2) is 0 Å². The molecular formula is C16H18BrN3O. The number of rotatable bonds is 6. The van der Waals surface area contributed by atoms with Gasteiger partial charge in [-0.2, -0.15) is 0 Å². The normalized spacial score (nSPS) is 10.4. The van der Waals surface area contributed by atoms with Crippen LogP contribution >= 0.6 is 15.9 Å². The molecule has 0 heterocycles. The molecule has 0 aliphatic rings. The average molecular weight is 348 g/mol. The molecule has 0 spiro atoms. The van der Waals surface area contributed by atoms with Crippen molar-refractivity contribution < 1.29 is 5.11 Å². The molecule has 2 rings (SSSR count). The summed E-state index contributed by atoms with van der Waals surface area (Å²) in [6.45, 7) is 1.17. The molecule has 0 amide bonds. The standard InChI is InChI=1S/C16H18BrN3O/c17-13-7-4-8-14(15(13)16(18)19)20(9-10-21)11-12-5-2-1-3-6-12/h1-8,21H,9-11H2,(H3,18,19). The fourth-order valence-corrected chi connectivity index (χ4v) is 2.82. The van der Waals surface area contributed by atoms with Crippen LogP contribution in [0, 0.1) is 5.41 Å². The van der Waals surface area contributed by atoms with Gasteiger partial charge in [0, 0.05) is 23.2 Å². The summed E-state index contributed by atoms with van der Waals surface area (Å²) in [5.74, 6) is 0.00785. The quantitative estimate of drug-likeness (QED) is 0.555. The van der Waals surface area contributed by atoms with E-state index in [4.69, 9.17) is 11.1 Å². The van der Waals surface area contributed by atoms with Crippen molar-refractivity contribution in [3.63, 3.8) is 0 Å². The van der Waals surface area contributed by atoms with E-state index in [1.807, 2.05) is 53.4 Å². The van der Waals surface area contributed by atoms with Crippen molar-refractivity contribution in [1.82, 2.24) is 0 Å². The van der Waals surface area contributed by atoms with Crippen molar-refractivity contribution in [2.45, 2.75) is 6.54 Å². The molecule has 0 bridgehead atoms. The molecule has 4 nitrogen and oxygen atoms in total. The van der Waals surface area contributed by atoms with Crippen LogP contribution < -0.4 is 10.6 Å². The van der Waals surface area contributed by atoms with Crippen LogP contribution in [0.5, 0.6) is 0 Å². The minimum absolute atomic E-state index is 0.00785. The van der Waals surface area contributed by atoms with E-state index in [1.165, 1.54) is 0 Å². The number of hydrogen-bond acceptors (Lipinski definition) is 3. The van der Waals surface area contributed by atoms with Crippen LogP contribution in [0.1, 0.15) is 11.1 Å². The Hall–Kier alpha value is -1.85. The molecule has 0 radical (unpaired) electrons. The molecule has 0 unspecified atom stereocenters. The lowest BCUT2D eigenvalue weighted by molar-refractivity contribution is 0.301. The van der Waals surface area contributed by atoms with E-state index in [9.17, 15) is 5.11 Å². The van der Waals surface area contributed by atoms with Gasteiger partial charge in [0.1, 0.15) is 5.84 Å². The molecule has 0 fully saturated rings. The van der Waals surface area contributed by atoms with Crippen molar-refractivity contribution in [2.75, 3.05) is 18.1 Å². The Labute approximate surface area is 132 Å². The van der Waals surface area contributed by atoms with Crippen LogP contribution in [0.2, 0.25) is 0 Å². The first-order valence-electron chi connectivity index (χ1n) is 6.66. The van der Waals surface area contributed by atoms with E-state index in [-0.39, 0.29) is 12.4 Å². The fourth-order valence-electron chi connectivity index (χ4n) is 2.25. The van der Waals surface area contributed by atoms with Gasteiger partial charge in [-0.15, -0.1) is 0 Å². The van der Waals surface area contributed by atoms with Gasteiger partial charge in [-0.1, -0.05) is 36.4 Å². The van der Waals surface area contributed by atoms with Gasteiger partial charge >= 0.3 is 0 Å². The van der Waals surface area contributed by atoms with E-state index in [1.54, 1.807) is 0 Å². The van der Waals surface area contributed by atoms with Crippen LogP contribution in [0.4, 0.5) is 5.69 Å². The van der Waals surface area contributed by atoms with E-state index in [0.29, 0.717) is 18.7 Å². The number of nitrogens with two attached hydrogens (primary N) is 1. The average Bonchev–Trinajstić information content (AvgIpc) is 2.47. The Morgan fingerprint density at radius 1 is 1.14 bits per heavy atom. The van der Waals surface area contributed by atoms with Gasteiger partial charge in [0.05, 0.1) is 12.2 Å².